The fourth-order valence-corrected chi connectivity index (χ4v) is 2.89. The van der Waals surface area contributed by atoms with E-state index in [-0.39, 0.29) is 29.2 Å². The topological polar surface area (TPSA) is 71.1 Å². The molecule has 2 rings (SSSR count). The number of carbonyl (C=O) groups is 2. The number of benzene rings is 1. The minimum Gasteiger partial charge on any atom is -0.346 e. The van der Waals surface area contributed by atoms with Crippen molar-refractivity contribution < 1.29 is 9.59 Å². The highest BCUT2D eigenvalue weighted by Gasteiger charge is 2.26. The molecule has 0 spiro atoms. The molecule has 1 aromatic heterocycles. The van der Waals surface area contributed by atoms with Crippen molar-refractivity contribution in [1.82, 2.24) is 15.6 Å². The molecule has 5 heteroatoms. The summed E-state index contributed by atoms with van der Waals surface area (Å²) in [7, 11) is 0. The van der Waals surface area contributed by atoms with Gasteiger partial charge in [-0.25, -0.2) is 0 Å². The Labute approximate surface area is 168 Å². The van der Waals surface area contributed by atoms with Gasteiger partial charge >= 0.3 is 0 Å². The summed E-state index contributed by atoms with van der Waals surface area (Å²) in [4.78, 5) is 29.7. The van der Waals surface area contributed by atoms with Crippen LogP contribution >= 0.6 is 0 Å². The number of amides is 2. The summed E-state index contributed by atoms with van der Waals surface area (Å²) in [6.45, 7) is 12.1. The summed E-state index contributed by atoms with van der Waals surface area (Å²) in [5.74, 6) is -0.513. The van der Waals surface area contributed by atoms with Gasteiger partial charge in [0.2, 0.25) is 5.91 Å². The molecule has 0 aliphatic rings. The molecular weight excluding hydrogens is 350 g/mol. The molecule has 1 heterocycles. The van der Waals surface area contributed by atoms with E-state index < -0.39 is 6.04 Å². The second-order valence-corrected chi connectivity index (χ2v) is 8.51. The molecule has 1 aromatic carbocycles. The average molecular weight is 382 g/mol. The highest BCUT2D eigenvalue weighted by atomic mass is 16.2. The van der Waals surface area contributed by atoms with Crippen LogP contribution in [0.15, 0.2) is 48.7 Å². The lowest BCUT2D eigenvalue weighted by atomic mass is 9.86. The first kappa shape index (κ1) is 21.6. The van der Waals surface area contributed by atoms with E-state index in [1.165, 1.54) is 0 Å². The molecule has 5 nitrogen and oxygen atoms in total. The van der Waals surface area contributed by atoms with Gasteiger partial charge in [-0.15, -0.1) is 0 Å². The lowest BCUT2D eigenvalue weighted by Crippen LogP contribution is -2.50. The highest BCUT2D eigenvalue weighted by Crippen LogP contribution is 2.22. The third-order valence-electron chi connectivity index (χ3n) is 4.74. The van der Waals surface area contributed by atoms with Crippen LogP contribution < -0.4 is 10.6 Å². The van der Waals surface area contributed by atoms with Crippen LogP contribution in [0, 0.1) is 5.92 Å². The van der Waals surface area contributed by atoms with Crippen molar-refractivity contribution in [1.29, 1.82) is 0 Å². The molecule has 2 N–H and O–H groups in total. The Morgan fingerprint density at radius 3 is 2.07 bits per heavy atom. The normalized spacial score (nSPS) is 13.7. The predicted molar refractivity (Wildman–Crippen MR) is 112 cm³/mol. The molecule has 28 heavy (non-hydrogen) atoms. The molecule has 0 bridgehead atoms. The number of hydrogen-bond donors (Lipinski definition) is 2. The van der Waals surface area contributed by atoms with E-state index in [0.717, 1.165) is 11.3 Å². The van der Waals surface area contributed by atoms with Gasteiger partial charge in [-0.2, -0.15) is 0 Å². The minimum atomic E-state index is -0.624. The third kappa shape index (κ3) is 5.65. The third-order valence-corrected chi connectivity index (χ3v) is 4.74. The fourth-order valence-electron chi connectivity index (χ4n) is 2.89. The summed E-state index contributed by atoms with van der Waals surface area (Å²) < 4.78 is 0. The van der Waals surface area contributed by atoms with Crippen LogP contribution in [0.3, 0.4) is 0 Å². The van der Waals surface area contributed by atoms with E-state index in [4.69, 9.17) is 0 Å². The first-order chi connectivity index (χ1) is 13.1. The second kappa shape index (κ2) is 9.00. The lowest BCUT2D eigenvalue weighted by Gasteiger charge is -2.24. The molecule has 0 radical (unpaired) electrons. The molecular formula is C23H31N3O2. The predicted octanol–water partition coefficient (Wildman–Crippen LogP) is 4.01. The van der Waals surface area contributed by atoms with Crippen molar-refractivity contribution in [3.05, 3.63) is 65.5 Å². The van der Waals surface area contributed by atoms with Crippen LogP contribution in [0.25, 0.3) is 0 Å². The molecule has 2 unspecified atom stereocenters. The molecule has 2 atom stereocenters. The van der Waals surface area contributed by atoms with E-state index in [9.17, 15) is 9.59 Å². The minimum absolute atomic E-state index is 0.0248. The monoisotopic (exact) mass is 381 g/mol. The maximum atomic E-state index is 12.8. The molecule has 150 valence electrons. The van der Waals surface area contributed by atoms with Crippen LogP contribution in [-0.4, -0.2) is 22.8 Å². The van der Waals surface area contributed by atoms with Gasteiger partial charge in [0, 0.05) is 11.8 Å². The standard InChI is InChI=1S/C23H31N3O2/c1-15(2)20(22(28)25-16(3)19-9-7-8-14-24-19)26-21(27)17-10-12-18(13-11-17)23(4,5)6/h7-16,20H,1-6H3,(H,25,28)(H,26,27). The van der Waals surface area contributed by atoms with Crippen LogP contribution in [0.2, 0.25) is 0 Å². The van der Waals surface area contributed by atoms with E-state index in [1.807, 2.05) is 63.2 Å². The Morgan fingerprint density at radius 1 is 0.929 bits per heavy atom. The Kier molecular flexibility index (Phi) is 6.95. The number of hydrogen-bond acceptors (Lipinski definition) is 3. The van der Waals surface area contributed by atoms with Gasteiger partial charge < -0.3 is 10.6 Å². The molecule has 0 aliphatic carbocycles. The Bertz CT molecular complexity index is 793. The number of nitrogens with zero attached hydrogens (tertiary/aromatic N) is 1. The van der Waals surface area contributed by atoms with Crippen LogP contribution in [-0.2, 0) is 10.2 Å². The van der Waals surface area contributed by atoms with E-state index in [1.54, 1.807) is 6.20 Å². The second-order valence-electron chi connectivity index (χ2n) is 8.51. The summed E-state index contributed by atoms with van der Waals surface area (Å²) in [5.41, 5.74) is 2.51. The van der Waals surface area contributed by atoms with Gasteiger partial charge in [0.1, 0.15) is 6.04 Å². The molecule has 2 amide bonds. The van der Waals surface area contributed by atoms with Crippen LogP contribution in [0.5, 0.6) is 0 Å². The molecule has 0 saturated heterocycles. The van der Waals surface area contributed by atoms with Crippen molar-refractivity contribution in [2.45, 2.75) is 59.0 Å². The van der Waals surface area contributed by atoms with Gasteiger partial charge in [-0.1, -0.05) is 52.8 Å². The summed E-state index contributed by atoms with van der Waals surface area (Å²) >= 11 is 0. The smallest absolute Gasteiger partial charge is 0.251 e. The summed E-state index contributed by atoms with van der Waals surface area (Å²) in [5, 5.41) is 5.82. The van der Waals surface area contributed by atoms with Gasteiger partial charge in [0.05, 0.1) is 11.7 Å². The van der Waals surface area contributed by atoms with Gasteiger partial charge in [0.25, 0.3) is 5.91 Å². The summed E-state index contributed by atoms with van der Waals surface area (Å²) in [6.07, 6.45) is 1.70. The van der Waals surface area contributed by atoms with Gasteiger partial charge in [-0.3, -0.25) is 14.6 Å². The maximum Gasteiger partial charge on any atom is 0.251 e. The summed E-state index contributed by atoms with van der Waals surface area (Å²) in [6, 6.07) is 12.3. The van der Waals surface area contributed by atoms with Crippen molar-refractivity contribution in [3.63, 3.8) is 0 Å². The van der Waals surface area contributed by atoms with E-state index in [2.05, 4.69) is 36.4 Å². The number of nitrogens with one attached hydrogen (secondary N) is 2. The number of aromatic nitrogens is 1. The first-order valence-electron chi connectivity index (χ1n) is 9.72. The number of rotatable bonds is 6. The van der Waals surface area contributed by atoms with Crippen molar-refractivity contribution in [2.75, 3.05) is 0 Å². The number of pyridine rings is 1. The largest absolute Gasteiger partial charge is 0.346 e. The van der Waals surface area contributed by atoms with Crippen molar-refractivity contribution in [3.8, 4) is 0 Å². The molecule has 0 saturated carbocycles. The van der Waals surface area contributed by atoms with Crippen molar-refractivity contribution >= 4 is 11.8 Å². The zero-order valence-corrected chi connectivity index (χ0v) is 17.6. The van der Waals surface area contributed by atoms with E-state index in [0.29, 0.717) is 5.56 Å². The molecule has 0 aliphatic heterocycles. The van der Waals surface area contributed by atoms with Gasteiger partial charge in [0.15, 0.2) is 0 Å². The SMILES string of the molecule is CC(NC(=O)C(NC(=O)c1ccc(C(C)(C)C)cc1)C(C)C)c1ccccn1. The van der Waals surface area contributed by atoms with E-state index >= 15 is 0 Å². The Hall–Kier alpha value is -2.69. The quantitative estimate of drug-likeness (QED) is 0.794. The zero-order chi connectivity index (χ0) is 20.9. The van der Waals surface area contributed by atoms with Crippen molar-refractivity contribution in [2.24, 2.45) is 5.92 Å². The Morgan fingerprint density at radius 2 is 1.57 bits per heavy atom. The maximum absolute atomic E-state index is 12.8. The zero-order valence-electron chi connectivity index (χ0n) is 17.6. The highest BCUT2D eigenvalue weighted by molar-refractivity contribution is 5.97. The lowest BCUT2D eigenvalue weighted by molar-refractivity contribution is -0.124. The Balaban J connectivity index is 2.07. The first-order valence-corrected chi connectivity index (χ1v) is 9.72. The van der Waals surface area contributed by atoms with Crippen LogP contribution in [0.1, 0.15) is 69.2 Å². The number of carbonyl (C=O) groups excluding carboxylic acids is 2. The van der Waals surface area contributed by atoms with Gasteiger partial charge in [-0.05, 0) is 48.1 Å². The average Bonchev–Trinajstić information content (AvgIpc) is 2.65. The molecule has 0 fully saturated rings. The fraction of sp³-hybridized carbons (Fsp3) is 0.435. The van der Waals surface area contributed by atoms with Crippen LogP contribution in [0.4, 0.5) is 0 Å². The molecule has 2 aromatic rings.